The normalized spacial score (nSPS) is 22.1. The molecule has 0 saturated carbocycles. The summed E-state index contributed by atoms with van der Waals surface area (Å²) in [6.45, 7) is 8.84. The summed E-state index contributed by atoms with van der Waals surface area (Å²) in [4.78, 5) is 0. The van der Waals surface area contributed by atoms with Crippen molar-refractivity contribution >= 4 is 0 Å². The molecule has 0 spiro atoms. The first-order chi connectivity index (χ1) is 5.88. The van der Waals surface area contributed by atoms with Crippen LogP contribution in [0.2, 0.25) is 0 Å². The summed E-state index contributed by atoms with van der Waals surface area (Å²) in [5, 5.41) is 3.43. The van der Waals surface area contributed by atoms with Crippen molar-refractivity contribution in [1.29, 1.82) is 0 Å². The van der Waals surface area contributed by atoms with Crippen molar-refractivity contribution < 1.29 is 4.74 Å². The van der Waals surface area contributed by atoms with Gasteiger partial charge in [0.2, 0.25) is 0 Å². The third-order valence-corrected chi connectivity index (χ3v) is 2.47. The minimum atomic E-state index is 0.485. The summed E-state index contributed by atoms with van der Waals surface area (Å²) in [6, 6.07) is 0.485. The van der Waals surface area contributed by atoms with Crippen LogP contribution in [0.5, 0.6) is 0 Å². The zero-order valence-electron chi connectivity index (χ0n) is 7.88. The van der Waals surface area contributed by atoms with Crippen molar-refractivity contribution in [1.82, 2.24) is 5.32 Å². The maximum absolute atomic E-state index is 5.31. The maximum atomic E-state index is 5.31. The summed E-state index contributed by atoms with van der Waals surface area (Å²) >= 11 is 0. The molecule has 0 aromatic heterocycles. The third-order valence-electron chi connectivity index (χ3n) is 2.47. The standard InChI is InChI=1S/C10H19NO/c1-3-10(11-4-2)9-5-7-12-8-6-9/h3,9-11H,1,4-8H2,2H3. The fourth-order valence-corrected chi connectivity index (χ4v) is 1.75. The Bertz CT molecular complexity index is 130. The number of nitrogens with one attached hydrogen (secondary N) is 1. The van der Waals surface area contributed by atoms with Gasteiger partial charge >= 0.3 is 0 Å². The van der Waals surface area contributed by atoms with Gasteiger partial charge in [-0.05, 0) is 25.3 Å². The van der Waals surface area contributed by atoms with Gasteiger partial charge in [-0.15, -0.1) is 6.58 Å². The summed E-state index contributed by atoms with van der Waals surface area (Å²) in [5.41, 5.74) is 0. The molecule has 2 heteroatoms. The van der Waals surface area contributed by atoms with Crippen molar-refractivity contribution in [3.8, 4) is 0 Å². The lowest BCUT2D eigenvalue weighted by atomic mass is 9.92. The molecule has 0 aromatic carbocycles. The fraction of sp³-hybridized carbons (Fsp3) is 0.800. The molecule has 0 radical (unpaired) electrons. The van der Waals surface area contributed by atoms with Crippen molar-refractivity contribution in [3.05, 3.63) is 12.7 Å². The predicted octanol–water partition coefficient (Wildman–Crippen LogP) is 1.58. The average molecular weight is 169 g/mol. The van der Waals surface area contributed by atoms with Crippen LogP contribution in [-0.2, 0) is 4.74 Å². The Labute approximate surface area is 75.0 Å². The van der Waals surface area contributed by atoms with E-state index >= 15 is 0 Å². The van der Waals surface area contributed by atoms with Gasteiger partial charge in [-0.2, -0.15) is 0 Å². The molecule has 70 valence electrons. The van der Waals surface area contributed by atoms with E-state index in [0.29, 0.717) is 6.04 Å². The number of likely N-dealkylation sites (N-methyl/N-ethyl adjacent to an activating group) is 1. The first-order valence-electron chi connectivity index (χ1n) is 4.82. The molecule has 1 heterocycles. The molecule has 1 aliphatic heterocycles. The molecule has 0 amide bonds. The summed E-state index contributed by atoms with van der Waals surface area (Å²) in [6.07, 6.45) is 4.37. The largest absolute Gasteiger partial charge is 0.381 e. The molecule has 2 nitrogen and oxygen atoms in total. The van der Waals surface area contributed by atoms with Crippen LogP contribution >= 0.6 is 0 Å². The molecule has 1 unspecified atom stereocenters. The van der Waals surface area contributed by atoms with E-state index in [1.807, 2.05) is 6.08 Å². The van der Waals surface area contributed by atoms with Crippen molar-refractivity contribution in [2.45, 2.75) is 25.8 Å². The van der Waals surface area contributed by atoms with Crippen LogP contribution in [0, 0.1) is 5.92 Å². The highest BCUT2D eigenvalue weighted by atomic mass is 16.5. The third kappa shape index (κ3) is 2.61. The van der Waals surface area contributed by atoms with E-state index in [0.717, 1.165) is 25.7 Å². The van der Waals surface area contributed by atoms with Gasteiger partial charge in [-0.25, -0.2) is 0 Å². The second-order valence-electron chi connectivity index (χ2n) is 3.27. The predicted molar refractivity (Wildman–Crippen MR) is 51.2 cm³/mol. The van der Waals surface area contributed by atoms with Gasteiger partial charge in [0, 0.05) is 19.3 Å². The molecular weight excluding hydrogens is 150 g/mol. The highest BCUT2D eigenvalue weighted by Crippen LogP contribution is 2.19. The molecule has 0 bridgehead atoms. The van der Waals surface area contributed by atoms with Crippen LogP contribution in [0.4, 0.5) is 0 Å². The van der Waals surface area contributed by atoms with Crippen LogP contribution in [0.1, 0.15) is 19.8 Å². The fourth-order valence-electron chi connectivity index (χ4n) is 1.75. The van der Waals surface area contributed by atoms with Gasteiger partial charge in [-0.1, -0.05) is 13.0 Å². The Hall–Kier alpha value is -0.340. The van der Waals surface area contributed by atoms with E-state index in [4.69, 9.17) is 4.74 Å². The SMILES string of the molecule is C=CC(NCC)C1CCOCC1. The van der Waals surface area contributed by atoms with E-state index in [1.165, 1.54) is 12.8 Å². The maximum Gasteiger partial charge on any atom is 0.0469 e. The lowest BCUT2D eigenvalue weighted by Crippen LogP contribution is -2.37. The molecule has 1 rings (SSSR count). The van der Waals surface area contributed by atoms with Gasteiger partial charge in [-0.3, -0.25) is 0 Å². The van der Waals surface area contributed by atoms with E-state index < -0.39 is 0 Å². The number of hydrogen-bond donors (Lipinski definition) is 1. The molecule has 1 atom stereocenters. The molecule has 0 aromatic rings. The Morgan fingerprint density at radius 1 is 1.58 bits per heavy atom. The van der Waals surface area contributed by atoms with Crippen molar-refractivity contribution in [2.24, 2.45) is 5.92 Å². The Morgan fingerprint density at radius 2 is 2.25 bits per heavy atom. The van der Waals surface area contributed by atoms with Gasteiger partial charge in [0.15, 0.2) is 0 Å². The quantitative estimate of drug-likeness (QED) is 0.645. The molecule has 1 N–H and O–H groups in total. The monoisotopic (exact) mass is 169 g/mol. The smallest absolute Gasteiger partial charge is 0.0469 e. The van der Waals surface area contributed by atoms with Crippen LogP contribution in [-0.4, -0.2) is 25.8 Å². The molecule has 1 fully saturated rings. The minimum Gasteiger partial charge on any atom is -0.381 e. The molecule has 0 aliphatic carbocycles. The summed E-state index contributed by atoms with van der Waals surface area (Å²) in [5.74, 6) is 0.733. The van der Waals surface area contributed by atoms with Crippen LogP contribution in [0.3, 0.4) is 0 Å². The lowest BCUT2D eigenvalue weighted by molar-refractivity contribution is 0.0594. The highest BCUT2D eigenvalue weighted by molar-refractivity contribution is 4.91. The van der Waals surface area contributed by atoms with Gasteiger partial charge in [0.05, 0.1) is 0 Å². The zero-order valence-corrected chi connectivity index (χ0v) is 7.88. The van der Waals surface area contributed by atoms with E-state index in [1.54, 1.807) is 0 Å². The lowest BCUT2D eigenvalue weighted by Gasteiger charge is -2.28. The van der Waals surface area contributed by atoms with E-state index in [-0.39, 0.29) is 0 Å². The molecule has 1 aliphatic rings. The summed E-state index contributed by atoms with van der Waals surface area (Å²) in [7, 11) is 0. The van der Waals surface area contributed by atoms with Crippen LogP contribution in [0.15, 0.2) is 12.7 Å². The van der Waals surface area contributed by atoms with E-state index in [9.17, 15) is 0 Å². The van der Waals surface area contributed by atoms with Gasteiger partial charge < -0.3 is 10.1 Å². The Kier molecular flexibility index (Phi) is 4.33. The molecular formula is C10H19NO. The first kappa shape index (κ1) is 9.75. The van der Waals surface area contributed by atoms with Crippen molar-refractivity contribution in [3.63, 3.8) is 0 Å². The number of hydrogen-bond acceptors (Lipinski definition) is 2. The van der Waals surface area contributed by atoms with Gasteiger partial charge in [0.25, 0.3) is 0 Å². The van der Waals surface area contributed by atoms with E-state index in [2.05, 4.69) is 18.8 Å². The topological polar surface area (TPSA) is 21.3 Å². The second-order valence-corrected chi connectivity index (χ2v) is 3.27. The van der Waals surface area contributed by atoms with Gasteiger partial charge in [0.1, 0.15) is 0 Å². The molecule has 1 saturated heterocycles. The minimum absolute atomic E-state index is 0.485. The summed E-state index contributed by atoms with van der Waals surface area (Å²) < 4.78 is 5.31. The van der Waals surface area contributed by atoms with Crippen LogP contribution in [0.25, 0.3) is 0 Å². The highest BCUT2D eigenvalue weighted by Gasteiger charge is 2.20. The van der Waals surface area contributed by atoms with Crippen LogP contribution < -0.4 is 5.32 Å². The Morgan fingerprint density at radius 3 is 2.75 bits per heavy atom. The number of rotatable bonds is 4. The second kappa shape index (κ2) is 5.33. The molecule has 12 heavy (non-hydrogen) atoms. The first-order valence-corrected chi connectivity index (χ1v) is 4.82. The zero-order chi connectivity index (χ0) is 8.81. The number of ether oxygens (including phenoxy) is 1. The average Bonchev–Trinajstić information content (AvgIpc) is 2.15. The van der Waals surface area contributed by atoms with Crippen molar-refractivity contribution in [2.75, 3.05) is 19.8 Å². The Balaban J connectivity index is 2.34.